The van der Waals surface area contributed by atoms with Crippen LogP contribution in [0.2, 0.25) is 0 Å². The smallest absolute Gasteiger partial charge is 0.320 e. The van der Waals surface area contributed by atoms with Crippen LogP contribution in [0, 0.1) is 0 Å². The molecule has 0 aromatic heterocycles. The van der Waals surface area contributed by atoms with Gasteiger partial charge in [0.05, 0.1) is 6.04 Å². The number of Topliss-reactive ketones (excluding diaryl/α,β-unsaturated/α-hetero) is 1. The molecular formula is C9H16N2O3. The molecule has 1 unspecified atom stereocenters. The number of carboxylic acids is 1. The average molecular weight is 200 g/mol. The lowest BCUT2D eigenvalue weighted by Crippen LogP contribution is -2.34. The van der Waals surface area contributed by atoms with Gasteiger partial charge in [0.1, 0.15) is 11.8 Å². The van der Waals surface area contributed by atoms with Gasteiger partial charge in [-0.15, -0.1) is 0 Å². The van der Waals surface area contributed by atoms with Crippen LogP contribution in [0.1, 0.15) is 25.7 Å². The average Bonchev–Trinajstić information content (AvgIpc) is 2.66. The Kier molecular flexibility index (Phi) is 4.03. The van der Waals surface area contributed by atoms with Gasteiger partial charge in [0.2, 0.25) is 0 Å². The summed E-state index contributed by atoms with van der Waals surface area (Å²) in [7, 11) is 0. The molecule has 1 rings (SSSR count). The molecule has 1 aliphatic rings. The molecule has 1 fully saturated rings. The minimum atomic E-state index is -1.04. The first-order chi connectivity index (χ1) is 6.61. The predicted octanol–water partition coefficient (Wildman–Crippen LogP) is -0.500. The van der Waals surface area contributed by atoms with Crippen molar-refractivity contribution < 1.29 is 14.7 Å². The largest absolute Gasteiger partial charge is 0.480 e. The zero-order chi connectivity index (χ0) is 10.6. The number of carbonyl (C=O) groups excluding carboxylic acids is 1. The van der Waals surface area contributed by atoms with Crippen LogP contribution in [-0.4, -0.2) is 35.5 Å². The minimum absolute atomic E-state index is 0.0732. The van der Waals surface area contributed by atoms with Crippen LogP contribution in [0.15, 0.2) is 0 Å². The predicted molar refractivity (Wildman–Crippen MR) is 50.9 cm³/mol. The molecule has 0 bridgehead atoms. The zero-order valence-corrected chi connectivity index (χ0v) is 8.03. The molecule has 0 radical (unpaired) electrons. The Hall–Kier alpha value is -0.940. The van der Waals surface area contributed by atoms with E-state index in [2.05, 4.69) is 5.32 Å². The Morgan fingerprint density at radius 3 is 2.79 bits per heavy atom. The van der Waals surface area contributed by atoms with E-state index < -0.39 is 12.0 Å². The van der Waals surface area contributed by atoms with E-state index in [-0.39, 0.29) is 24.7 Å². The van der Waals surface area contributed by atoms with Gasteiger partial charge in [0, 0.05) is 6.42 Å². The second-order valence-electron chi connectivity index (χ2n) is 3.60. The third kappa shape index (κ3) is 3.08. The Balaban J connectivity index is 2.23. The molecule has 0 aromatic carbocycles. The summed E-state index contributed by atoms with van der Waals surface area (Å²) in [5.41, 5.74) is 5.29. The van der Waals surface area contributed by atoms with E-state index in [0.29, 0.717) is 0 Å². The van der Waals surface area contributed by atoms with Gasteiger partial charge in [0.15, 0.2) is 0 Å². The Labute approximate surface area is 82.7 Å². The van der Waals surface area contributed by atoms with E-state index in [1.165, 1.54) is 0 Å². The number of aliphatic carboxylic acids is 1. The third-order valence-corrected chi connectivity index (χ3v) is 2.47. The fraction of sp³-hybridized carbons (Fsp3) is 0.778. The number of hydrogen-bond donors (Lipinski definition) is 3. The van der Waals surface area contributed by atoms with Crippen LogP contribution < -0.4 is 11.1 Å². The topological polar surface area (TPSA) is 92.4 Å². The van der Waals surface area contributed by atoms with Crippen LogP contribution in [0.3, 0.4) is 0 Å². The number of carboxylic acid groups (broad SMARTS) is 1. The molecule has 14 heavy (non-hydrogen) atoms. The monoisotopic (exact) mass is 200 g/mol. The number of carbonyl (C=O) groups is 2. The van der Waals surface area contributed by atoms with Gasteiger partial charge in [-0.05, 0) is 25.8 Å². The van der Waals surface area contributed by atoms with E-state index in [9.17, 15) is 9.59 Å². The normalized spacial score (nSPS) is 23.4. The lowest BCUT2D eigenvalue weighted by molar-refractivity contribution is -0.138. The zero-order valence-electron chi connectivity index (χ0n) is 8.03. The third-order valence-electron chi connectivity index (χ3n) is 2.47. The van der Waals surface area contributed by atoms with Crippen LogP contribution in [0.4, 0.5) is 0 Å². The summed E-state index contributed by atoms with van der Waals surface area (Å²) in [6.07, 6.45) is 2.36. The molecule has 0 aliphatic carbocycles. The van der Waals surface area contributed by atoms with Crippen molar-refractivity contribution in [2.45, 2.75) is 37.8 Å². The molecule has 5 nitrogen and oxygen atoms in total. The summed E-state index contributed by atoms with van der Waals surface area (Å²) in [4.78, 5) is 21.8. The Bertz CT molecular complexity index is 224. The first-order valence-corrected chi connectivity index (χ1v) is 4.85. The van der Waals surface area contributed by atoms with Crippen molar-refractivity contribution in [1.29, 1.82) is 0 Å². The quantitative estimate of drug-likeness (QED) is 0.556. The van der Waals surface area contributed by atoms with Crippen LogP contribution in [0.5, 0.6) is 0 Å². The molecule has 1 heterocycles. The summed E-state index contributed by atoms with van der Waals surface area (Å²) < 4.78 is 0. The lowest BCUT2D eigenvalue weighted by Gasteiger charge is -2.10. The van der Waals surface area contributed by atoms with Gasteiger partial charge in [-0.3, -0.25) is 9.59 Å². The molecule has 0 aromatic rings. The van der Waals surface area contributed by atoms with Crippen molar-refractivity contribution in [2.24, 2.45) is 5.73 Å². The highest BCUT2D eigenvalue weighted by Crippen LogP contribution is 2.09. The van der Waals surface area contributed by atoms with E-state index in [1.54, 1.807) is 0 Å². The molecule has 0 spiro atoms. The van der Waals surface area contributed by atoms with Gasteiger partial charge in [-0.1, -0.05) is 0 Å². The second kappa shape index (κ2) is 5.07. The number of nitrogens with two attached hydrogens (primary N) is 1. The van der Waals surface area contributed by atoms with E-state index in [1.807, 2.05) is 0 Å². The second-order valence-corrected chi connectivity index (χ2v) is 3.60. The molecule has 0 saturated carbocycles. The van der Waals surface area contributed by atoms with Crippen molar-refractivity contribution >= 4 is 11.8 Å². The highest BCUT2D eigenvalue weighted by molar-refractivity contribution is 5.85. The van der Waals surface area contributed by atoms with Gasteiger partial charge < -0.3 is 16.2 Å². The number of ketones is 1. The van der Waals surface area contributed by atoms with Gasteiger partial charge in [0.25, 0.3) is 0 Å². The standard InChI is InChI=1S/C9H16N2O3/c10-6(9(13)14)3-4-8(12)7-2-1-5-11-7/h6-7,11H,1-5,10H2,(H,13,14)/t6?,7-/m1/s1. The van der Waals surface area contributed by atoms with E-state index in [4.69, 9.17) is 10.8 Å². The summed E-state index contributed by atoms with van der Waals surface area (Å²) in [6.45, 7) is 0.876. The summed E-state index contributed by atoms with van der Waals surface area (Å²) >= 11 is 0. The van der Waals surface area contributed by atoms with E-state index in [0.717, 1.165) is 19.4 Å². The first kappa shape index (κ1) is 11.1. The summed E-state index contributed by atoms with van der Waals surface area (Å²) in [6, 6.07) is -0.989. The van der Waals surface area contributed by atoms with Crippen molar-refractivity contribution in [3.63, 3.8) is 0 Å². The van der Waals surface area contributed by atoms with Crippen molar-refractivity contribution in [3.8, 4) is 0 Å². The van der Waals surface area contributed by atoms with Crippen LogP contribution >= 0.6 is 0 Å². The maximum atomic E-state index is 11.5. The van der Waals surface area contributed by atoms with E-state index >= 15 is 0 Å². The number of rotatable bonds is 5. The Morgan fingerprint density at radius 2 is 2.29 bits per heavy atom. The molecule has 2 atom stereocenters. The molecule has 5 heteroatoms. The Morgan fingerprint density at radius 1 is 1.57 bits per heavy atom. The molecular weight excluding hydrogens is 184 g/mol. The molecule has 1 saturated heterocycles. The fourth-order valence-corrected chi connectivity index (χ4v) is 1.55. The first-order valence-electron chi connectivity index (χ1n) is 4.85. The summed E-state index contributed by atoms with van der Waals surface area (Å²) in [5.74, 6) is -0.962. The minimum Gasteiger partial charge on any atom is -0.480 e. The molecule has 80 valence electrons. The highest BCUT2D eigenvalue weighted by atomic mass is 16.4. The SMILES string of the molecule is NC(CCC(=O)[C@H]1CCCN1)C(=O)O. The van der Waals surface area contributed by atoms with Crippen molar-refractivity contribution in [3.05, 3.63) is 0 Å². The van der Waals surface area contributed by atoms with Crippen molar-refractivity contribution in [2.75, 3.05) is 6.54 Å². The molecule has 4 N–H and O–H groups in total. The summed E-state index contributed by atoms with van der Waals surface area (Å²) in [5, 5.41) is 11.6. The van der Waals surface area contributed by atoms with Gasteiger partial charge in [-0.25, -0.2) is 0 Å². The van der Waals surface area contributed by atoms with Gasteiger partial charge in [-0.2, -0.15) is 0 Å². The van der Waals surface area contributed by atoms with Crippen molar-refractivity contribution in [1.82, 2.24) is 5.32 Å². The van der Waals surface area contributed by atoms with Gasteiger partial charge >= 0.3 is 5.97 Å². The highest BCUT2D eigenvalue weighted by Gasteiger charge is 2.23. The number of nitrogens with one attached hydrogen (secondary N) is 1. The van der Waals surface area contributed by atoms with Crippen LogP contribution in [-0.2, 0) is 9.59 Å². The lowest BCUT2D eigenvalue weighted by atomic mass is 10.0. The maximum Gasteiger partial charge on any atom is 0.320 e. The molecule has 1 aliphatic heterocycles. The molecule has 0 amide bonds. The maximum absolute atomic E-state index is 11.5. The number of hydrogen-bond acceptors (Lipinski definition) is 4. The fourth-order valence-electron chi connectivity index (χ4n) is 1.55. The van der Waals surface area contributed by atoms with Crippen LogP contribution in [0.25, 0.3) is 0 Å².